The first-order chi connectivity index (χ1) is 5.98. The third-order valence-electron chi connectivity index (χ3n) is 2.15. The van der Waals surface area contributed by atoms with Crippen molar-refractivity contribution in [1.29, 1.82) is 0 Å². The van der Waals surface area contributed by atoms with Gasteiger partial charge in [-0.15, -0.1) is 0 Å². The van der Waals surface area contributed by atoms with Crippen LogP contribution in [0, 0.1) is 15.5 Å². The van der Waals surface area contributed by atoms with Gasteiger partial charge in [0.05, 0.1) is 4.92 Å². The maximum Gasteiger partial charge on any atom is 0.320 e. The average Bonchev–Trinajstić information content (AvgIpc) is 2.04. The number of allylic oxidation sites excluding steroid dienone is 3. The normalized spacial score (nSPS) is 26.7. The Kier molecular flexibility index (Phi) is 2.18. The van der Waals surface area contributed by atoms with E-state index in [2.05, 4.69) is 0 Å². The number of aliphatic carboxylic acids is 1. The van der Waals surface area contributed by atoms with Crippen molar-refractivity contribution in [3.63, 3.8) is 0 Å². The molecule has 13 heavy (non-hydrogen) atoms. The van der Waals surface area contributed by atoms with Crippen LogP contribution >= 0.6 is 0 Å². The SMILES string of the molecule is CC1(C(=O)O)CC=CC=C1[N+](=O)[O-]. The van der Waals surface area contributed by atoms with Crippen molar-refractivity contribution >= 4 is 5.97 Å². The van der Waals surface area contributed by atoms with Crippen LogP contribution in [0.25, 0.3) is 0 Å². The van der Waals surface area contributed by atoms with Crippen LogP contribution in [0.2, 0.25) is 0 Å². The second-order valence-corrected chi connectivity index (χ2v) is 3.08. The molecule has 0 aromatic heterocycles. The third kappa shape index (κ3) is 1.44. The van der Waals surface area contributed by atoms with Gasteiger partial charge in [0.2, 0.25) is 0 Å². The Hall–Kier alpha value is -1.65. The van der Waals surface area contributed by atoms with Crippen LogP contribution < -0.4 is 0 Å². The van der Waals surface area contributed by atoms with Crippen LogP contribution in [0.3, 0.4) is 0 Å². The molecule has 0 aromatic rings. The molecule has 0 amide bonds. The average molecular weight is 183 g/mol. The smallest absolute Gasteiger partial charge is 0.320 e. The van der Waals surface area contributed by atoms with Gasteiger partial charge in [-0.25, -0.2) is 0 Å². The van der Waals surface area contributed by atoms with E-state index >= 15 is 0 Å². The highest BCUT2D eigenvalue weighted by Crippen LogP contribution is 2.34. The molecule has 0 heterocycles. The summed E-state index contributed by atoms with van der Waals surface area (Å²) < 4.78 is 0. The summed E-state index contributed by atoms with van der Waals surface area (Å²) in [6.45, 7) is 1.35. The van der Waals surface area contributed by atoms with Gasteiger partial charge in [0, 0.05) is 6.08 Å². The lowest BCUT2D eigenvalue weighted by atomic mass is 9.81. The molecule has 1 atom stereocenters. The molecule has 1 unspecified atom stereocenters. The zero-order valence-corrected chi connectivity index (χ0v) is 7.06. The summed E-state index contributed by atoms with van der Waals surface area (Å²) in [6.07, 6.45) is 4.51. The number of carboxylic acids is 1. The molecule has 5 heteroatoms. The highest BCUT2D eigenvalue weighted by atomic mass is 16.6. The van der Waals surface area contributed by atoms with Crippen LogP contribution in [0.1, 0.15) is 13.3 Å². The minimum absolute atomic E-state index is 0.162. The minimum atomic E-state index is -1.39. The highest BCUT2D eigenvalue weighted by Gasteiger charge is 2.45. The molecular formula is C8H9NO4. The van der Waals surface area contributed by atoms with Crippen LogP contribution in [0.4, 0.5) is 0 Å². The topological polar surface area (TPSA) is 80.4 Å². The first-order valence-electron chi connectivity index (χ1n) is 3.73. The van der Waals surface area contributed by atoms with Crippen molar-refractivity contribution in [2.24, 2.45) is 5.41 Å². The molecule has 0 spiro atoms. The van der Waals surface area contributed by atoms with Crippen LogP contribution in [-0.4, -0.2) is 16.0 Å². The van der Waals surface area contributed by atoms with Crippen molar-refractivity contribution in [2.75, 3.05) is 0 Å². The number of nitrogens with zero attached hydrogens (tertiary/aromatic N) is 1. The molecule has 5 nitrogen and oxygen atoms in total. The van der Waals surface area contributed by atoms with E-state index in [1.807, 2.05) is 0 Å². The summed E-state index contributed by atoms with van der Waals surface area (Å²) in [7, 11) is 0. The van der Waals surface area contributed by atoms with Crippen molar-refractivity contribution < 1.29 is 14.8 Å². The molecule has 1 aliphatic rings. The van der Waals surface area contributed by atoms with Crippen molar-refractivity contribution in [1.82, 2.24) is 0 Å². The fourth-order valence-corrected chi connectivity index (χ4v) is 1.21. The summed E-state index contributed by atoms with van der Waals surface area (Å²) in [5, 5.41) is 19.4. The van der Waals surface area contributed by atoms with Crippen molar-refractivity contribution in [3.8, 4) is 0 Å². The molecule has 70 valence electrons. The van der Waals surface area contributed by atoms with E-state index in [1.54, 1.807) is 6.08 Å². The van der Waals surface area contributed by atoms with Gasteiger partial charge in [-0.1, -0.05) is 12.2 Å². The van der Waals surface area contributed by atoms with Crippen LogP contribution in [0.15, 0.2) is 23.9 Å². The van der Waals surface area contributed by atoms with Crippen molar-refractivity contribution in [3.05, 3.63) is 34.0 Å². The fourth-order valence-electron chi connectivity index (χ4n) is 1.21. The number of hydrogen-bond donors (Lipinski definition) is 1. The lowest BCUT2D eigenvalue weighted by Gasteiger charge is -2.21. The fraction of sp³-hybridized carbons (Fsp3) is 0.375. The minimum Gasteiger partial charge on any atom is -0.480 e. The monoisotopic (exact) mass is 183 g/mol. The van der Waals surface area contributed by atoms with Gasteiger partial charge in [-0.3, -0.25) is 14.9 Å². The Labute approximate surface area is 74.5 Å². The van der Waals surface area contributed by atoms with Crippen LogP contribution in [0.5, 0.6) is 0 Å². The second kappa shape index (κ2) is 3.01. The maximum absolute atomic E-state index is 10.8. The molecule has 1 N–H and O–H groups in total. The molecule has 0 aromatic carbocycles. The molecule has 0 radical (unpaired) electrons. The quantitative estimate of drug-likeness (QED) is 0.515. The molecule has 0 bridgehead atoms. The van der Waals surface area contributed by atoms with E-state index in [-0.39, 0.29) is 12.1 Å². The van der Waals surface area contributed by atoms with Gasteiger partial charge in [0.1, 0.15) is 0 Å². The first kappa shape index (κ1) is 9.44. The van der Waals surface area contributed by atoms with Gasteiger partial charge < -0.3 is 5.11 Å². The van der Waals surface area contributed by atoms with E-state index in [9.17, 15) is 14.9 Å². The molecular weight excluding hydrogens is 174 g/mol. The van der Waals surface area contributed by atoms with E-state index in [1.165, 1.54) is 19.1 Å². The highest BCUT2D eigenvalue weighted by molar-refractivity contribution is 5.78. The standard InChI is InChI=1S/C8H9NO4/c1-8(7(10)11)5-3-2-4-6(8)9(12)13/h2-4H,5H2,1H3,(H,10,11). The third-order valence-corrected chi connectivity index (χ3v) is 2.15. The summed E-state index contributed by atoms with van der Waals surface area (Å²) in [5.41, 5.74) is -1.65. The van der Waals surface area contributed by atoms with Gasteiger partial charge in [0.15, 0.2) is 5.41 Å². The predicted molar refractivity (Wildman–Crippen MR) is 44.6 cm³/mol. The number of hydrogen-bond acceptors (Lipinski definition) is 3. The summed E-state index contributed by atoms with van der Waals surface area (Å²) in [6, 6.07) is 0. The molecule has 0 saturated heterocycles. The predicted octanol–water partition coefficient (Wildman–Crippen LogP) is 1.20. The Morgan fingerprint density at radius 1 is 1.77 bits per heavy atom. The Bertz CT molecular complexity index is 318. The molecule has 0 fully saturated rings. The largest absolute Gasteiger partial charge is 0.480 e. The van der Waals surface area contributed by atoms with Gasteiger partial charge >= 0.3 is 5.97 Å². The first-order valence-corrected chi connectivity index (χ1v) is 3.73. The Morgan fingerprint density at radius 3 is 2.77 bits per heavy atom. The van der Waals surface area contributed by atoms with Gasteiger partial charge in [-0.2, -0.15) is 0 Å². The Balaban J connectivity index is 3.13. The van der Waals surface area contributed by atoms with E-state index in [0.717, 1.165) is 0 Å². The molecule has 1 aliphatic carbocycles. The van der Waals surface area contributed by atoms with Gasteiger partial charge in [0.25, 0.3) is 5.70 Å². The molecule has 0 aliphatic heterocycles. The van der Waals surface area contributed by atoms with Crippen LogP contribution in [-0.2, 0) is 4.79 Å². The second-order valence-electron chi connectivity index (χ2n) is 3.08. The Morgan fingerprint density at radius 2 is 2.38 bits per heavy atom. The molecule has 0 saturated carbocycles. The zero-order valence-electron chi connectivity index (χ0n) is 7.06. The lowest BCUT2D eigenvalue weighted by Crippen LogP contribution is -2.33. The van der Waals surface area contributed by atoms with E-state index < -0.39 is 16.3 Å². The lowest BCUT2D eigenvalue weighted by molar-refractivity contribution is -0.438. The summed E-state index contributed by atoms with van der Waals surface area (Å²) >= 11 is 0. The van der Waals surface area contributed by atoms with Crippen molar-refractivity contribution in [2.45, 2.75) is 13.3 Å². The maximum atomic E-state index is 10.8. The van der Waals surface area contributed by atoms with E-state index in [4.69, 9.17) is 5.11 Å². The zero-order chi connectivity index (χ0) is 10.1. The summed E-state index contributed by atoms with van der Waals surface area (Å²) in [5.74, 6) is -1.17. The number of rotatable bonds is 2. The number of carbonyl (C=O) groups is 1. The molecule has 1 rings (SSSR count). The van der Waals surface area contributed by atoms with Gasteiger partial charge in [-0.05, 0) is 13.3 Å². The summed E-state index contributed by atoms with van der Waals surface area (Å²) in [4.78, 5) is 20.7. The number of nitro groups is 1. The number of carboxylic acid groups (broad SMARTS) is 1. The van der Waals surface area contributed by atoms with E-state index in [0.29, 0.717) is 0 Å².